The first-order valence-electron chi connectivity index (χ1n) is 9.28. The van der Waals surface area contributed by atoms with Gasteiger partial charge < -0.3 is 20.4 Å². The van der Waals surface area contributed by atoms with Crippen LogP contribution in [0.4, 0.5) is 11.4 Å². The second-order valence-electron chi connectivity index (χ2n) is 7.18. The van der Waals surface area contributed by atoms with E-state index in [1.54, 1.807) is 0 Å². The van der Waals surface area contributed by atoms with Crippen molar-refractivity contribution in [2.45, 2.75) is 13.8 Å². The lowest BCUT2D eigenvalue weighted by atomic mass is 10.1. The van der Waals surface area contributed by atoms with Crippen molar-refractivity contribution in [2.75, 3.05) is 37.8 Å². The van der Waals surface area contributed by atoms with E-state index >= 15 is 0 Å². The van der Waals surface area contributed by atoms with E-state index in [1.165, 1.54) is 0 Å². The Morgan fingerprint density at radius 1 is 0.714 bits per heavy atom. The predicted octanol–water partition coefficient (Wildman–Crippen LogP) is 2.97. The number of amides is 2. The zero-order valence-electron chi connectivity index (χ0n) is 16.7. The zero-order chi connectivity index (χ0) is 20.3. The van der Waals surface area contributed by atoms with Gasteiger partial charge in [-0.1, -0.05) is 35.4 Å². The Hall–Kier alpha value is -3.28. The highest BCUT2D eigenvalue weighted by atomic mass is 16.2. The highest BCUT2D eigenvalue weighted by molar-refractivity contribution is 6.26. The highest BCUT2D eigenvalue weighted by Crippen LogP contribution is 2.22. The van der Waals surface area contributed by atoms with Crippen molar-refractivity contribution in [3.05, 3.63) is 71.1 Å². The molecule has 1 heterocycles. The smallest absolute Gasteiger partial charge is 0.264 e. The van der Waals surface area contributed by atoms with Crippen LogP contribution in [0.1, 0.15) is 11.1 Å². The number of hydrogen-bond acceptors (Lipinski definition) is 4. The summed E-state index contributed by atoms with van der Waals surface area (Å²) in [5.41, 5.74) is 3.61. The lowest BCUT2D eigenvalue weighted by Crippen LogP contribution is -2.32. The maximum Gasteiger partial charge on any atom is 0.264 e. The van der Waals surface area contributed by atoms with E-state index < -0.39 is 11.8 Å². The van der Waals surface area contributed by atoms with Gasteiger partial charge in [0, 0.05) is 38.6 Å². The quantitative estimate of drug-likeness (QED) is 0.488. The van der Waals surface area contributed by atoms with E-state index in [9.17, 15) is 9.59 Å². The van der Waals surface area contributed by atoms with Gasteiger partial charge in [-0.2, -0.15) is 0 Å². The fourth-order valence-corrected chi connectivity index (χ4v) is 3.15. The van der Waals surface area contributed by atoms with Gasteiger partial charge in [-0.3, -0.25) is 9.59 Å². The van der Waals surface area contributed by atoms with Crippen molar-refractivity contribution in [1.29, 1.82) is 0 Å². The lowest BCUT2D eigenvalue weighted by molar-refractivity contribution is -0.118. The van der Waals surface area contributed by atoms with Crippen LogP contribution in [0.15, 0.2) is 59.9 Å². The van der Waals surface area contributed by atoms with Crippen molar-refractivity contribution in [2.24, 2.45) is 0 Å². The molecule has 1 aliphatic heterocycles. The van der Waals surface area contributed by atoms with Crippen molar-refractivity contribution >= 4 is 23.2 Å². The number of likely N-dealkylation sites (N-methyl/N-ethyl adjacent to an activating group) is 2. The third-order valence-electron chi connectivity index (χ3n) is 4.79. The van der Waals surface area contributed by atoms with E-state index in [0.29, 0.717) is 17.2 Å². The maximum atomic E-state index is 13.1. The van der Waals surface area contributed by atoms with Crippen LogP contribution in [0.25, 0.3) is 0 Å². The van der Waals surface area contributed by atoms with Gasteiger partial charge >= 0.3 is 0 Å². The van der Waals surface area contributed by atoms with Gasteiger partial charge in [-0.15, -0.1) is 0 Å². The molecule has 0 bridgehead atoms. The van der Waals surface area contributed by atoms with Gasteiger partial charge in [0.1, 0.15) is 11.4 Å². The molecular formula is C22H26N4O2. The van der Waals surface area contributed by atoms with Crippen molar-refractivity contribution in [3.63, 3.8) is 0 Å². The molecule has 28 heavy (non-hydrogen) atoms. The van der Waals surface area contributed by atoms with Crippen LogP contribution in [0.2, 0.25) is 0 Å². The molecule has 6 heteroatoms. The van der Waals surface area contributed by atoms with Gasteiger partial charge in [0.2, 0.25) is 0 Å². The zero-order valence-corrected chi connectivity index (χ0v) is 16.7. The predicted molar refractivity (Wildman–Crippen MR) is 112 cm³/mol. The van der Waals surface area contributed by atoms with Crippen molar-refractivity contribution in [1.82, 2.24) is 9.80 Å². The van der Waals surface area contributed by atoms with Crippen LogP contribution in [0, 0.1) is 13.8 Å². The summed E-state index contributed by atoms with van der Waals surface area (Å²) in [7, 11) is 3.77. The number of hydrogen-bond donors (Lipinski definition) is 2. The summed E-state index contributed by atoms with van der Waals surface area (Å²) in [6.45, 7) is 5.48. The molecule has 1 aliphatic rings. The minimum atomic E-state index is -0.427. The Kier molecular flexibility index (Phi) is 5.68. The molecule has 6 nitrogen and oxygen atoms in total. The Bertz CT molecular complexity index is 828. The fourth-order valence-electron chi connectivity index (χ4n) is 3.15. The Labute approximate surface area is 165 Å². The summed E-state index contributed by atoms with van der Waals surface area (Å²) in [6.07, 6.45) is 0. The number of carbonyl (C=O) groups is 2. The number of nitrogens with one attached hydrogen (secondary N) is 2. The Morgan fingerprint density at radius 2 is 1.07 bits per heavy atom. The van der Waals surface area contributed by atoms with Crippen LogP contribution in [0.5, 0.6) is 0 Å². The summed E-state index contributed by atoms with van der Waals surface area (Å²) >= 11 is 0. The fraction of sp³-hybridized carbons (Fsp3) is 0.273. The van der Waals surface area contributed by atoms with Gasteiger partial charge in [0.05, 0.1) is 0 Å². The summed E-state index contributed by atoms with van der Waals surface area (Å²) in [4.78, 5) is 30.0. The molecule has 0 saturated carbocycles. The number of rotatable bonds is 4. The summed E-state index contributed by atoms with van der Waals surface area (Å²) in [6, 6.07) is 15.0. The van der Waals surface area contributed by atoms with E-state index in [4.69, 9.17) is 0 Å². The highest BCUT2D eigenvalue weighted by Gasteiger charge is 2.31. The van der Waals surface area contributed by atoms with Gasteiger partial charge in [0.25, 0.3) is 11.8 Å². The average Bonchev–Trinajstić information content (AvgIpc) is 2.98. The molecule has 0 radical (unpaired) electrons. The SMILES string of the molecule is Cc1ccc(NC(=O)C(C(=O)Nc2ccc(C)cc2)=C2N(C)CCN2C)cc1. The molecule has 146 valence electrons. The van der Waals surface area contributed by atoms with Crippen LogP contribution >= 0.6 is 0 Å². The van der Waals surface area contributed by atoms with E-state index in [-0.39, 0.29) is 5.57 Å². The Balaban J connectivity index is 1.92. The molecule has 2 amide bonds. The van der Waals surface area contributed by atoms with Crippen LogP contribution in [-0.4, -0.2) is 48.8 Å². The standard InChI is InChI=1S/C22H26N4O2/c1-15-5-9-17(10-6-15)23-20(27)19(22-25(3)13-14-26(22)4)21(28)24-18-11-7-16(2)8-12-18/h5-12H,13-14H2,1-4H3,(H,23,27)(H,24,28). The second kappa shape index (κ2) is 8.17. The molecule has 0 aromatic heterocycles. The summed E-state index contributed by atoms with van der Waals surface area (Å²) in [5, 5.41) is 5.70. The maximum absolute atomic E-state index is 13.1. The largest absolute Gasteiger partial charge is 0.359 e. The van der Waals surface area contributed by atoms with E-state index in [1.807, 2.05) is 86.3 Å². The van der Waals surface area contributed by atoms with E-state index in [2.05, 4.69) is 10.6 Å². The third-order valence-corrected chi connectivity index (χ3v) is 4.79. The normalized spacial score (nSPS) is 13.5. The summed E-state index contributed by atoms with van der Waals surface area (Å²) < 4.78 is 0. The number of benzene rings is 2. The van der Waals surface area contributed by atoms with Crippen LogP contribution in [-0.2, 0) is 9.59 Å². The monoisotopic (exact) mass is 378 g/mol. The summed E-state index contributed by atoms with van der Waals surface area (Å²) in [5.74, 6) is -0.234. The minimum absolute atomic E-state index is 0.101. The molecule has 0 atom stereocenters. The molecule has 0 spiro atoms. The Morgan fingerprint density at radius 3 is 1.43 bits per heavy atom. The molecule has 3 rings (SSSR count). The molecule has 1 fully saturated rings. The van der Waals surface area contributed by atoms with Crippen molar-refractivity contribution in [3.8, 4) is 0 Å². The molecule has 1 saturated heterocycles. The minimum Gasteiger partial charge on any atom is -0.359 e. The van der Waals surface area contributed by atoms with Crippen LogP contribution in [0.3, 0.4) is 0 Å². The molecule has 2 aromatic carbocycles. The first kappa shape index (κ1) is 19.5. The molecule has 2 aromatic rings. The van der Waals surface area contributed by atoms with Crippen molar-refractivity contribution < 1.29 is 9.59 Å². The number of aryl methyl sites for hydroxylation is 2. The lowest BCUT2D eigenvalue weighted by Gasteiger charge is -2.22. The number of nitrogens with zero attached hydrogens (tertiary/aromatic N) is 2. The van der Waals surface area contributed by atoms with E-state index in [0.717, 1.165) is 24.2 Å². The second-order valence-corrected chi connectivity index (χ2v) is 7.18. The van der Waals surface area contributed by atoms with Gasteiger partial charge in [0.15, 0.2) is 0 Å². The molecular weight excluding hydrogens is 352 g/mol. The van der Waals surface area contributed by atoms with Gasteiger partial charge in [-0.25, -0.2) is 0 Å². The molecule has 0 unspecified atom stereocenters. The van der Waals surface area contributed by atoms with Crippen LogP contribution < -0.4 is 10.6 Å². The average molecular weight is 378 g/mol. The number of anilines is 2. The van der Waals surface area contributed by atoms with Gasteiger partial charge in [-0.05, 0) is 38.1 Å². The topological polar surface area (TPSA) is 64.7 Å². The number of carbonyl (C=O) groups excluding carboxylic acids is 2. The molecule has 2 N–H and O–H groups in total. The molecule has 0 aliphatic carbocycles. The first-order valence-corrected chi connectivity index (χ1v) is 9.28. The first-order chi connectivity index (χ1) is 13.3. The third kappa shape index (κ3) is 4.34.